The van der Waals surface area contributed by atoms with E-state index in [0.717, 1.165) is 10.6 Å². The van der Waals surface area contributed by atoms with E-state index in [1.165, 1.54) is 0 Å². The molecule has 1 aromatic heterocycles. The Balaban J connectivity index is 1.50. The van der Waals surface area contributed by atoms with Crippen molar-refractivity contribution in [1.82, 2.24) is 24.8 Å². The standard InChI is InChI=1S/C48H81N5O11S/c1-28-21-48(8,59-13)45(64-46-42(56)38(51(9)10)19-30(3)61-46)32(5)43(63-40-22-47(7,58-12)44(57)33(6)62-40)31(4)39(54)20-34(24-52(11)23-29(2)41(28)55)26-60-27-35-25-53(50-49-35)36-15-17-37(65-14)18-16-36/h15-18,25,28-34,38,40-46,55-57H,19-24,26-27H2,1-14H3/t28-,29-,30-,31+,32+,33+,34-,38+,40+,41+,42-,43-,44+,45-,46+,47-,48-/m1/s1. The number of likely N-dealkylation sites (N-methyl/N-ethyl adjacent to an activating group) is 1. The van der Waals surface area contributed by atoms with Crippen molar-refractivity contribution in [3.63, 3.8) is 0 Å². The highest BCUT2D eigenvalue weighted by molar-refractivity contribution is 7.98. The lowest BCUT2D eigenvalue weighted by molar-refractivity contribution is -0.319. The maximum atomic E-state index is 14.9. The topological polar surface area (TPSA) is 180 Å². The summed E-state index contributed by atoms with van der Waals surface area (Å²) >= 11 is 1.67. The second kappa shape index (κ2) is 23.5. The number of hydrogen-bond donors (Lipinski definition) is 3. The number of carbonyl (C=O) groups excluding carboxylic acids is 1. The number of aliphatic hydroxyl groups is 3. The summed E-state index contributed by atoms with van der Waals surface area (Å²) in [5.41, 5.74) is -0.489. The quantitative estimate of drug-likeness (QED) is 0.233. The molecule has 0 radical (unpaired) electrons. The Kier molecular flexibility index (Phi) is 19.4. The van der Waals surface area contributed by atoms with Crippen molar-refractivity contribution in [3.8, 4) is 5.69 Å². The largest absolute Gasteiger partial charge is 0.393 e. The molecule has 3 N–H and O–H groups in total. The predicted octanol–water partition coefficient (Wildman–Crippen LogP) is 4.82. The molecule has 370 valence electrons. The first-order chi connectivity index (χ1) is 30.6. The zero-order chi connectivity index (χ0) is 48.0. The Morgan fingerprint density at radius 3 is 2.22 bits per heavy atom. The number of aliphatic hydroxyl groups excluding tert-OH is 3. The first kappa shape index (κ1) is 53.8. The molecule has 16 nitrogen and oxygen atoms in total. The molecule has 17 atom stereocenters. The molecule has 5 rings (SSSR count). The average Bonchev–Trinajstić information content (AvgIpc) is 3.74. The van der Waals surface area contributed by atoms with Crippen molar-refractivity contribution in [2.24, 2.45) is 29.6 Å². The lowest BCUT2D eigenvalue weighted by Crippen LogP contribution is -2.61. The summed E-state index contributed by atoms with van der Waals surface area (Å²) in [6, 6.07) is 7.85. The van der Waals surface area contributed by atoms with E-state index < -0.39 is 72.2 Å². The SMILES string of the molecule is CO[C@]1(C)C[C@@H](C)[C@H](O)[C@H](C)CN(C)C[C@H](COCc2cn(-c3ccc(SC)cc3)nn2)CC(=O)[C@H](C)[C@@H](O[C@H]2C[C@@](C)(OC)[C@@H](O)[C@H](C)O2)[C@H](C)[C@H]1O[C@@H]1O[C@H](C)C[C@H](N(C)C)[C@H]1O. The third-order valence-corrected chi connectivity index (χ3v) is 15.2. The first-order valence-corrected chi connectivity index (χ1v) is 24.6. The summed E-state index contributed by atoms with van der Waals surface area (Å²) < 4.78 is 47.1. The predicted molar refractivity (Wildman–Crippen MR) is 249 cm³/mol. The molecule has 3 saturated heterocycles. The van der Waals surface area contributed by atoms with Gasteiger partial charge in [0.05, 0.1) is 66.8 Å². The van der Waals surface area contributed by atoms with E-state index in [9.17, 15) is 20.1 Å². The number of nitrogens with zero attached hydrogens (tertiary/aromatic N) is 5. The van der Waals surface area contributed by atoms with Gasteiger partial charge in [0.15, 0.2) is 12.6 Å². The molecule has 1 aromatic carbocycles. The maximum absolute atomic E-state index is 14.9. The smallest absolute Gasteiger partial charge is 0.185 e. The highest BCUT2D eigenvalue weighted by Crippen LogP contribution is 2.41. The molecule has 0 aliphatic carbocycles. The lowest BCUT2D eigenvalue weighted by atomic mass is 9.75. The van der Waals surface area contributed by atoms with Gasteiger partial charge in [-0.15, -0.1) is 16.9 Å². The Bertz CT molecular complexity index is 1780. The van der Waals surface area contributed by atoms with E-state index in [-0.39, 0.29) is 61.7 Å². The number of aromatic nitrogens is 3. The highest BCUT2D eigenvalue weighted by Gasteiger charge is 2.52. The third-order valence-electron chi connectivity index (χ3n) is 14.4. The van der Waals surface area contributed by atoms with Crippen LogP contribution in [0.2, 0.25) is 0 Å². The molecule has 0 bridgehead atoms. The van der Waals surface area contributed by atoms with Gasteiger partial charge in [0.2, 0.25) is 0 Å². The summed E-state index contributed by atoms with van der Waals surface area (Å²) in [6.07, 6.45) is -1.72. The Hall–Kier alpha value is -2.10. The summed E-state index contributed by atoms with van der Waals surface area (Å²) in [4.78, 5) is 20.2. The van der Waals surface area contributed by atoms with Gasteiger partial charge >= 0.3 is 0 Å². The van der Waals surface area contributed by atoms with Crippen molar-refractivity contribution in [3.05, 3.63) is 36.2 Å². The van der Waals surface area contributed by atoms with Gasteiger partial charge in [-0.1, -0.05) is 32.9 Å². The molecular formula is C48H81N5O11S. The van der Waals surface area contributed by atoms with E-state index in [2.05, 4.69) is 15.2 Å². The second-order valence-corrected chi connectivity index (χ2v) is 21.0. The number of carbonyl (C=O) groups is 1. The van der Waals surface area contributed by atoms with Crippen molar-refractivity contribution in [2.75, 3.05) is 61.3 Å². The summed E-state index contributed by atoms with van der Waals surface area (Å²) in [6.45, 7) is 17.1. The van der Waals surface area contributed by atoms with Gasteiger partial charge in [-0.2, -0.15) is 0 Å². The van der Waals surface area contributed by atoms with Crippen LogP contribution in [0.1, 0.15) is 86.8 Å². The number of ether oxygens (including phenoxy) is 7. The van der Waals surface area contributed by atoms with Crippen LogP contribution in [0.15, 0.2) is 35.4 Å². The van der Waals surface area contributed by atoms with E-state index in [0.29, 0.717) is 31.6 Å². The van der Waals surface area contributed by atoms with Crippen LogP contribution >= 0.6 is 11.8 Å². The van der Waals surface area contributed by atoms with Crippen LogP contribution in [-0.4, -0.2) is 180 Å². The van der Waals surface area contributed by atoms with E-state index in [1.54, 1.807) is 37.6 Å². The van der Waals surface area contributed by atoms with Crippen LogP contribution in [0.5, 0.6) is 0 Å². The molecule has 3 fully saturated rings. The van der Waals surface area contributed by atoms with Crippen molar-refractivity contribution in [1.29, 1.82) is 0 Å². The number of hydrogen-bond acceptors (Lipinski definition) is 16. The van der Waals surface area contributed by atoms with Crippen LogP contribution < -0.4 is 0 Å². The monoisotopic (exact) mass is 936 g/mol. The molecule has 65 heavy (non-hydrogen) atoms. The molecule has 2 aromatic rings. The molecule has 0 spiro atoms. The van der Waals surface area contributed by atoms with Gasteiger partial charge in [-0.3, -0.25) is 4.79 Å². The van der Waals surface area contributed by atoms with Crippen molar-refractivity contribution < 1.29 is 53.3 Å². The number of ketones is 1. The van der Waals surface area contributed by atoms with Crippen molar-refractivity contribution in [2.45, 2.75) is 165 Å². The zero-order valence-electron chi connectivity index (χ0n) is 41.5. The van der Waals surface area contributed by atoms with Gasteiger partial charge in [0, 0.05) is 68.8 Å². The third kappa shape index (κ3) is 13.4. The van der Waals surface area contributed by atoms with Gasteiger partial charge in [0.1, 0.15) is 23.7 Å². The molecule has 0 unspecified atom stereocenters. The van der Waals surface area contributed by atoms with Gasteiger partial charge < -0.3 is 58.3 Å². The normalized spacial score (nSPS) is 39.8. The number of rotatable bonds is 13. The summed E-state index contributed by atoms with van der Waals surface area (Å²) in [5, 5.41) is 43.6. The van der Waals surface area contributed by atoms with Crippen LogP contribution in [-0.2, 0) is 44.6 Å². The summed E-state index contributed by atoms with van der Waals surface area (Å²) in [7, 11) is 9.06. The average molecular weight is 936 g/mol. The molecule has 0 amide bonds. The minimum atomic E-state index is -1.07. The fourth-order valence-corrected chi connectivity index (χ4v) is 10.8. The maximum Gasteiger partial charge on any atom is 0.185 e. The van der Waals surface area contributed by atoms with Crippen LogP contribution in [0.4, 0.5) is 0 Å². The molecule has 3 aliphatic heterocycles. The van der Waals surface area contributed by atoms with Gasteiger partial charge in [0.25, 0.3) is 0 Å². The van der Waals surface area contributed by atoms with Crippen molar-refractivity contribution >= 4 is 17.5 Å². The van der Waals surface area contributed by atoms with Crippen LogP contribution in [0.25, 0.3) is 5.69 Å². The fraction of sp³-hybridized carbons (Fsp3) is 0.812. The number of methoxy groups -OCH3 is 2. The second-order valence-electron chi connectivity index (χ2n) is 20.1. The lowest BCUT2D eigenvalue weighted by Gasteiger charge is -2.50. The molecule has 0 saturated carbocycles. The van der Waals surface area contributed by atoms with Gasteiger partial charge in [-0.05, 0) is 104 Å². The molecule has 3 aliphatic rings. The molecule has 4 heterocycles. The number of Topliss-reactive ketones (excluding diaryl/α,β-unsaturated/α-hetero) is 1. The Morgan fingerprint density at radius 1 is 0.908 bits per heavy atom. The van der Waals surface area contributed by atoms with E-state index in [1.807, 2.05) is 111 Å². The Morgan fingerprint density at radius 2 is 1.58 bits per heavy atom. The van der Waals surface area contributed by atoms with E-state index >= 15 is 0 Å². The summed E-state index contributed by atoms with van der Waals surface area (Å²) in [5.74, 6) is -1.92. The minimum absolute atomic E-state index is 0.0358. The first-order valence-electron chi connectivity index (χ1n) is 23.4. The van der Waals surface area contributed by atoms with Gasteiger partial charge in [-0.25, -0.2) is 4.68 Å². The zero-order valence-corrected chi connectivity index (χ0v) is 42.3. The minimum Gasteiger partial charge on any atom is -0.393 e. The fourth-order valence-electron chi connectivity index (χ4n) is 10.4. The van der Waals surface area contributed by atoms with E-state index in [4.69, 9.17) is 33.2 Å². The Labute approximate surface area is 392 Å². The number of benzene rings is 1. The van der Waals surface area contributed by atoms with Crippen LogP contribution in [0.3, 0.4) is 0 Å². The number of thioether (sulfide) groups is 1. The molecular weight excluding hydrogens is 855 g/mol. The highest BCUT2D eigenvalue weighted by atomic mass is 32.2. The molecule has 17 heteroatoms. The van der Waals surface area contributed by atoms with Crippen LogP contribution in [0, 0.1) is 29.6 Å².